The Labute approximate surface area is 129 Å². The SMILES string of the molecule is O=C(NCc1ccc2c(c1)OCO2)c1ccc(Br)c(F)c1. The molecule has 1 N–H and O–H groups in total. The van der Waals surface area contributed by atoms with E-state index in [0.717, 1.165) is 5.56 Å². The fraction of sp³-hybridized carbons (Fsp3) is 0.133. The summed E-state index contributed by atoms with van der Waals surface area (Å²) in [6.07, 6.45) is 0. The van der Waals surface area contributed by atoms with Crippen molar-refractivity contribution in [3.05, 3.63) is 57.8 Å². The summed E-state index contributed by atoms with van der Waals surface area (Å²) >= 11 is 3.05. The zero-order valence-corrected chi connectivity index (χ0v) is 12.4. The number of nitrogens with one attached hydrogen (secondary N) is 1. The van der Waals surface area contributed by atoms with Crippen molar-refractivity contribution in [2.75, 3.05) is 6.79 Å². The van der Waals surface area contributed by atoms with Crippen LogP contribution in [0.3, 0.4) is 0 Å². The first-order valence-corrected chi connectivity index (χ1v) is 7.04. The topological polar surface area (TPSA) is 47.6 Å². The molecule has 0 saturated heterocycles. The van der Waals surface area contributed by atoms with Gasteiger partial charge in [0.15, 0.2) is 11.5 Å². The summed E-state index contributed by atoms with van der Waals surface area (Å²) in [5.41, 5.74) is 1.15. The summed E-state index contributed by atoms with van der Waals surface area (Å²) in [5, 5.41) is 2.74. The van der Waals surface area contributed by atoms with Gasteiger partial charge in [0, 0.05) is 12.1 Å². The Morgan fingerprint density at radius 1 is 1.19 bits per heavy atom. The predicted molar refractivity (Wildman–Crippen MR) is 77.8 cm³/mol. The average molecular weight is 352 g/mol. The highest BCUT2D eigenvalue weighted by molar-refractivity contribution is 9.10. The second-order valence-electron chi connectivity index (χ2n) is 4.50. The molecule has 0 aliphatic carbocycles. The van der Waals surface area contributed by atoms with Gasteiger partial charge >= 0.3 is 0 Å². The molecule has 1 heterocycles. The quantitative estimate of drug-likeness (QED) is 0.923. The first kappa shape index (κ1) is 13.9. The van der Waals surface area contributed by atoms with E-state index in [1.165, 1.54) is 12.1 Å². The molecular weight excluding hydrogens is 341 g/mol. The van der Waals surface area contributed by atoms with Gasteiger partial charge in [0.05, 0.1) is 4.47 Å². The lowest BCUT2D eigenvalue weighted by atomic mass is 10.1. The van der Waals surface area contributed by atoms with E-state index in [9.17, 15) is 9.18 Å². The molecule has 0 saturated carbocycles. The van der Waals surface area contributed by atoms with Crippen molar-refractivity contribution in [1.82, 2.24) is 5.32 Å². The largest absolute Gasteiger partial charge is 0.454 e. The summed E-state index contributed by atoms with van der Waals surface area (Å²) in [6.45, 7) is 0.538. The van der Waals surface area contributed by atoms with Crippen LogP contribution in [0.5, 0.6) is 11.5 Å². The third-order valence-corrected chi connectivity index (χ3v) is 3.71. The maximum atomic E-state index is 13.4. The van der Waals surface area contributed by atoms with Gasteiger partial charge in [-0.1, -0.05) is 6.07 Å². The van der Waals surface area contributed by atoms with Crippen molar-refractivity contribution in [3.63, 3.8) is 0 Å². The standard InChI is InChI=1S/C15H11BrFNO3/c16-11-3-2-10(6-12(11)17)15(19)18-7-9-1-4-13-14(5-9)21-8-20-13/h1-6H,7-8H2,(H,18,19). The second-order valence-corrected chi connectivity index (χ2v) is 5.35. The van der Waals surface area contributed by atoms with Crippen LogP contribution < -0.4 is 14.8 Å². The molecule has 2 aromatic rings. The van der Waals surface area contributed by atoms with Crippen molar-refractivity contribution < 1.29 is 18.7 Å². The Balaban J connectivity index is 1.67. The van der Waals surface area contributed by atoms with Gasteiger partial charge in [-0.15, -0.1) is 0 Å². The van der Waals surface area contributed by atoms with Crippen molar-refractivity contribution in [3.8, 4) is 11.5 Å². The fourth-order valence-corrected chi connectivity index (χ4v) is 2.22. The van der Waals surface area contributed by atoms with Crippen molar-refractivity contribution in [2.45, 2.75) is 6.54 Å². The van der Waals surface area contributed by atoms with Gasteiger partial charge in [0.2, 0.25) is 6.79 Å². The number of fused-ring (bicyclic) bond motifs is 1. The molecule has 0 radical (unpaired) electrons. The molecule has 0 fully saturated rings. The molecule has 0 aromatic heterocycles. The number of benzene rings is 2. The minimum atomic E-state index is -0.467. The van der Waals surface area contributed by atoms with Crippen LogP contribution in [-0.2, 0) is 6.54 Å². The first-order chi connectivity index (χ1) is 10.1. The normalized spacial score (nSPS) is 12.3. The van der Waals surface area contributed by atoms with Gasteiger partial charge in [0.25, 0.3) is 5.91 Å². The Bertz CT molecular complexity index is 705. The third kappa shape index (κ3) is 3.00. The highest BCUT2D eigenvalue weighted by Gasteiger charge is 2.14. The zero-order valence-electron chi connectivity index (χ0n) is 10.9. The van der Waals surface area contributed by atoms with Gasteiger partial charge in [-0.05, 0) is 51.8 Å². The summed E-state index contributed by atoms with van der Waals surface area (Å²) in [5.74, 6) is 0.557. The molecule has 0 bridgehead atoms. The minimum Gasteiger partial charge on any atom is -0.454 e. The Morgan fingerprint density at radius 3 is 2.81 bits per heavy atom. The lowest BCUT2D eigenvalue weighted by Crippen LogP contribution is -2.22. The molecular formula is C15H11BrFNO3. The smallest absolute Gasteiger partial charge is 0.251 e. The van der Waals surface area contributed by atoms with Gasteiger partial charge in [-0.2, -0.15) is 0 Å². The number of amides is 1. The Morgan fingerprint density at radius 2 is 2.00 bits per heavy atom. The van der Waals surface area contributed by atoms with Crippen LogP contribution in [0.15, 0.2) is 40.9 Å². The molecule has 0 atom stereocenters. The second kappa shape index (κ2) is 5.73. The number of carbonyl (C=O) groups excluding carboxylic acids is 1. The van der Waals surface area contributed by atoms with Crippen molar-refractivity contribution in [2.24, 2.45) is 0 Å². The highest BCUT2D eigenvalue weighted by atomic mass is 79.9. The number of hydrogen-bond donors (Lipinski definition) is 1. The summed E-state index contributed by atoms with van der Waals surface area (Å²) < 4.78 is 24.2. The lowest BCUT2D eigenvalue weighted by molar-refractivity contribution is 0.0950. The Kier molecular flexibility index (Phi) is 3.79. The van der Waals surface area contributed by atoms with E-state index in [1.807, 2.05) is 12.1 Å². The van der Waals surface area contributed by atoms with Gasteiger partial charge in [-0.3, -0.25) is 4.79 Å². The minimum absolute atomic E-state index is 0.212. The van der Waals surface area contributed by atoms with E-state index in [1.54, 1.807) is 12.1 Å². The fourth-order valence-electron chi connectivity index (χ4n) is 1.97. The predicted octanol–water partition coefficient (Wildman–Crippen LogP) is 3.25. The van der Waals surface area contributed by atoms with E-state index >= 15 is 0 Å². The lowest BCUT2D eigenvalue weighted by Gasteiger charge is -2.07. The van der Waals surface area contributed by atoms with Crippen LogP contribution in [-0.4, -0.2) is 12.7 Å². The molecule has 1 aliphatic heterocycles. The van der Waals surface area contributed by atoms with E-state index in [4.69, 9.17) is 9.47 Å². The van der Waals surface area contributed by atoms with Crippen LogP contribution in [0.2, 0.25) is 0 Å². The Hall–Kier alpha value is -2.08. The van der Waals surface area contributed by atoms with Crippen LogP contribution >= 0.6 is 15.9 Å². The molecule has 4 nitrogen and oxygen atoms in total. The number of carbonyl (C=O) groups is 1. The van der Waals surface area contributed by atoms with E-state index in [0.29, 0.717) is 22.5 Å². The monoisotopic (exact) mass is 351 g/mol. The molecule has 21 heavy (non-hydrogen) atoms. The number of rotatable bonds is 3. The van der Waals surface area contributed by atoms with E-state index in [2.05, 4.69) is 21.2 Å². The summed E-state index contributed by atoms with van der Waals surface area (Å²) in [4.78, 5) is 12.0. The van der Waals surface area contributed by atoms with Gasteiger partial charge in [0.1, 0.15) is 5.82 Å². The van der Waals surface area contributed by atoms with Crippen molar-refractivity contribution >= 4 is 21.8 Å². The molecule has 0 unspecified atom stereocenters. The zero-order chi connectivity index (χ0) is 14.8. The molecule has 0 spiro atoms. The molecule has 108 valence electrons. The molecule has 1 amide bonds. The maximum absolute atomic E-state index is 13.4. The van der Waals surface area contributed by atoms with Gasteiger partial charge in [-0.25, -0.2) is 4.39 Å². The number of hydrogen-bond acceptors (Lipinski definition) is 3. The number of ether oxygens (including phenoxy) is 2. The summed E-state index contributed by atoms with van der Waals surface area (Å²) in [6, 6.07) is 9.70. The third-order valence-electron chi connectivity index (χ3n) is 3.07. The molecule has 1 aliphatic rings. The van der Waals surface area contributed by atoms with Crippen LogP contribution in [0.4, 0.5) is 4.39 Å². The molecule has 3 rings (SSSR count). The average Bonchev–Trinajstić information content (AvgIpc) is 2.95. The van der Waals surface area contributed by atoms with Crippen LogP contribution in [0.1, 0.15) is 15.9 Å². The van der Waals surface area contributed by atoms with E-state index < -0.39 is 5.82 Å². The van der Waals surface area contributed by atoms with Crippen molar-refractivity contribution in [1.29, 1.82) is 0 Å². The van der Waals surface area contributed by atoms with Gasteiger partial charge < -0.3 is 14.8 Å². The van der Waals surface area contributed by atoms with Crippen LogP contribution in [0, 0.1) is 5.82 Å². The van der Waals surface area contributed by atoms with Crippen LogP contribution in [0.25, 0.3) is 0 Å². The van der Waals surface area contributed by atoms with E-state index in [-0.39, 0.29) is 18.3 Å². The maximum Gasteiger partial charge on any atom is 0.251 e. The molecule has 2 aromatic carbocycles. The summed E-state index contributed by atoms with van der Waals surface area (Å²) in [7, 11) is 0. The molecule has 6 heteroatoms. The first-order valence-electron chi connectivity index (χ1n) is 6.25. The highest BCUT2D eigenvalue weighted by Crippen LogP contribution is 2.32. The number of halogens is 2.